The maximum Gasteiger partial charge on any atom is 0.338 e. The van der Waals surface area contributed by atoms with Crippen LogP contribution < -0.4 is 11.1 Å². The van der Waals surface area contributed by atoms with Crippen LogP contribution in [-0.2, 0) is 11.3 Å². The number of methoxy groups -OCH3 is 1. The molecular formula is C21H20N2O2. The molecule has 0 amide bonds. The minimum absolute atomic E-state index is 0.333. The minimum atomic E-state index is -0.333. The molecule has 4 heteroatoms. The van der Waals surface area contributed by atoms with Crippen molar-refractivity contribution in [3.05, 3.63) is 83.9 Å². The first-order valence-electron chi connectivity index (χ1n) is 8.04. The first-order chi connectivity index (χ1) is 12.2. The SMILES string of the molecule is COC(=O)c1ccccc1-c1ccc(CNc2ccccc2N)cc1. The molecule has 0 heterocycles. The Hall–Kier alpha value is -3.27. The Balaban J connectivity index is 1.77. The lowest BCUT2D eigenvalue weighted by atomic mass is 9.98. The number of benzene rings is 3. The van der Waals surface area contributed by atoms with E-state index < -0.39 is 0 Å². The van der Waals surface area contributed by atoms with E-state index in [0.717, 1.165) is 28.1 Å². The van der Waals surface area contributed by atoms with E-state index in [1.54, 1.807) is 6.07 Å². The van der Waals surface area contributed by atoms with Gasteiger partial charge in [-0.15, -0.1) is 0 Å². The second kappa shape index (κ2) is 7.53. The van der Waals surface area contributed by atoms with Crippen molar-refractivity contribution >= 4 is 17.3 Å². The molecule has 0 bridgehead atoms. The monoisotopic (exact) mass is 332 g/mol. The summed E-state index contributed by atoms with van der Waals surface area (Å²) in [6, 6.07) is 23.2. The van der Waals surface area contributed by atoms with E-state index >= 15 is 0 Å². The highest BCUT2D eigenvalue weighted by atomic mass is 16.5. The summed E-state index contributed by atoms with van der Waals surface area (Å²) < 4.78 is 4.86. The van der Waals surface area contributed by atoms with E-state index in [4.69, 9.17) is 10.5 Å². The maximum absolute atomic E-state index is 11.9. The zero-order valence-corrected chi connectivity index (χ0v) is 14.0. The van der Waals surface area contributed by atoms with Gasteiger partial charge in [0.2, 0.25) is 0 Å². The van der Waals surface area contributed by atoms with Crippen molar-refractivity contribution in [1.82, 2.24) is 0 Å². The van der Waals surface area contributed by atoms with Crippen molar-refractivity contribution in [2.45, 2.75) is 6.54 Å². The van der Waals surface area contributed by atoms with Gasteiger partial charge in [-0.25, -0.2) is 4.79 Å². The van der Waals surface area contributed by atoms with Gasteiger partial charge in [-0.2, -0.15) is 0 Å². The summed E-state index contributed by atoms with van der Waals surface area (Å²) in [4.78, 5) is 11.9. The molecule has 0 aromatic heterocycles. The van der Waals surface area contributed by atoms with E-state index in [9.17, 15) is 4.79 Å². The summed E-state index contributed by atoms with van der Waals surface area (Å²) in [5.74, 6) is -0.333. The number of rotatable bonds is 5. The molecule has 126 valence electrons. The van der Waals surface area contributed by atoms with E-state index in [1.165, 1.54) is 7.11 Å². The van der Waals surface area contributed by atoms with Crippen LogP contribution in [0.2, 0.25) is 0 Å². The number of hydrogen-bond donors (Lipinski definition) is 2. The van der Waals surface area contributed by atoms with Crippen molar-refractivity contribution in [1.29, 1.82) is 0 Å². The van der Waals surface area contributed by atoms with Gasteiger partial charge in [-0.3, -0.25) is 0 Å². The Morgan fingerprint density at radius 3 is 2.36 bits per heavy atom. The van der Waals surface area contributed by atoms with Crippen LogP contribution in [0.1, 0.15) is 15.9 Å². The summed E-state index contributed by atoms with van der Waals surface area (Å²) >= 11 is 0. The summed E-state index contributed by atoms with van der Waals surface area (Å²) in [7, 11) is 1.39. The van der Waals surface area contributed by atoms with Crippen molar-refractivity contribution in [3.8, 4) is 11.1 Å². The van der Waals surface area contributed by atoms with Gasteiger partial charge in [0.05, 0.1) is 24.0 Å². The van der Waals surface area contributed by atoms with Gasteiger partial charge in [0, 0.05) is 6.54 Å². The van der Waals surface area contributed by atoms with Gasteiger partial charge in [-0.05, 0) is 34.9 Å². The highest BCUT2D eigenvalue weighted by Crippen LogP contribution is 2.25. The van der Waals surface area contributed by atoms with Crippen molar-refractivity contribution in [3.63, 3.8) is 0 Å². The zero-order valence-electron chi connectivity index (χ0n) is 14.0. The summed E-state index contributed by atoms with van der Waals surface area (Å²) in [6.45, 7) is 0.674. The largest absolute Gasteiger partial charge is 0.465 e. The first-order valence-corrected chi connectivity index (χ1v) is 8.04. The fraction of sp³-hybridized carbons (Fsp3) is 0.0952. The first kappa shape index (κ1) is 16.6. The van der Waals surface area contributed by atoms with Crippen LogP contribution in [0.4, 0.5) is 11.4 Å². The second-order valence-corrected chi connectivity index (χ2v) is 5.67. The van der Waals surface area contributed by atoms with Crippen LogP contribution in [-0.4, -0.2) is 13.1 Å². The molecular weight excluding hydrogens is 312 g/mol. The second-order valence-electron chi connectivity index (χ2n) is 5.67. The van der Waals surface area contributed by atoms with Crippen LogP contribution in [0.5, 0.6) is 0 Å². The fourth-order valence-corrected chi connectivity index (χ4v) is 2.68. The predicted octanol–water partition coefficient (Wildman–Crippen LogP) is 4.33. The third-order valence-corrected chi connectivity index (χ3v) is 4.04. The molecule has 0 saturated carbocycles. The van der Waals surface area contributed by atoms with Gasteiger partial charge in [0.15, 0.2) is 0 Å². The average Bonchev–Trinajstić information content (AvgIpc) is 2.67. The molecule has 3 aromatic carbocycles. The molecule has 0 spiro atoms. The molecule has 0 unspecified atom stereocenters. The molecule has 0 aliphatic heterocycles. The van der Waals surface area contributed by atoms with Crippen molar-refractivity contribution in [2.24, 2.45) is 0 Å². The average molecular weight is 332 g/mol. The minimum Gasteiger partial charge on any atom is -0.465 e. The number of carbonyl (C=O) groups is 1. The lowest BCUT2D eigenvalue weighted by Crippen LogP contribution is -2.04. The number of hydrogen-bond acceptors (Lipinski definition) is 4. The third-order valence-electron chi connectivity index (χ3n) is 4.04. The van der Waals surface area contributed by atoms with Crippen LogP contribution in [0.25, 0.3) is 11.1 Å². The maximum atomic E-state index is 11.9. The van der Waals surface area contributed by atoms with E-state index in [0.29, 0.717) is 12.1 Å². The van der Waals surface area contributed by atoms with Gasteiger partial charge in [0.25, 0.3) is 0 Å². The Bertz CT molecular complexity index is 873. The fourth-order valence-electron chi connectivity index (χ4n) is 2.68. The van der Waals surface area contributed by atoms with Crippen LogP contribution in [0.3, 0.4) is 0 Å². The molecule has 3 N–H and O–H groups in total. The van der Waals surface area contributed by atoms with Crippen LogP contribution >= 0.6 is 0 Å². The molecule has 0 saturated heterocycles. The normalized spacial score (nSPS) is 10.3. The lowest BCUT2D eigenvalue weighted by molar-refractivity contribution is 0.0601. The van der Waals surface area contributed by atoms with Gasteiger partial charge in [0.1, 0.15) is 0 Å². The van der Waals surface area contributed by atoms with Crippen LogP contribution in [0, 0.1) is 0 Å². The molecule has 4 nitrogen and oxygen atoms in total. The number of carbonyl (C=O) groups excluding carboxylic acids is 1. The Labute approximate surface area is 147 Å². The number of anilines is 2. The highest BCUT2D eigenvalue weighted by molar-refractivity contribution is 5.97. The van der Waals surface area contributed by atoms with Gasteiger partial charge in [-0.1, -0.05) is 54.6 Å². The van der Waals surface area contributed by atoms with Crippen molar-refractivity contribution < 1.29 is 9.53 Å². The van der Waals surface area contributed by atoms with E-state index in [1.807, 2.05) is 66.7 Å². The molecule has 0 atom stereocenters. The number of nitrogens with one attached hydrogen (secondary N) is 1. The third kappa shape index (κ3) is 3.80. The number of nitrogens with two attached hydrogens (primary N) is 1. The number of ether oxygens (including phenoxy) is 1. The smallest absolute Gasteiger partial charge is 0.338 e. The topological polar surface area (TPSA) is 64.3 Å². The molecule has 0 radical (unpaired) electrons. The molecule has 3 rings (SSSR count). The van der Waals surface area contributed by atoms with Gasteiger partial charge < -0.3 is 15.8 Å². The zero-order chi connectivity index (χ0) is 17.6. The molecule has 25 heavy (non-hydrogen) atoms. The van der Waals surface area contributed by atoms with E-state index in [2.05, 4.69) is 5.32 Å². The number of para-hydroxylation sites is 2. The number of esters is 1. The standard InChI is InChI=1S/C21H20N2O2/c1-25-21(24)18-7-3-2-6-17(18)16-12-10-15(11-13-16)14-23-20-9-5-4-8-19(20)22/h2-13,23H,14,22H2,1H3. The number of nitrogen functional groups attached to an aromatic ring is 1. The molecule has 0 fully saturated rings. The Morgan fingerprint density at radius 1 is 0.960 bits per heavy atom. The molecule has 0 aliphatic carbocycles. The molecule has 0 aliphatic rings. The van der Waals surface area contributed by atoms with Crippen molar-refractivity contribution in [2.75, 3.05) is 18.2 Å². The predicted molar refractivity (Wildman–Crippen MR) is 101 cm³/mol. The lowest BCUT2D eigenvalue weighted by Gasteiger charge is -2.11. The highest BCUT2D eigenvalue weighted by Gasteiger charge is 2.12. The molecule has 3 aromatic rings. The summed E-state index contributed by atoms with van der Waals surface area (Å²) in [5, 5.41) is 3.33. The van der Waals surface area contributed by atoms with E-state index in [-0.39, 0.29) is 5.97 Å². The van der Waals surface area contributed by atoms with Gasteiger partial charge >= 0.3 is 5.97 Å². The quantitative estimate of drug-likeness (QED) is 0.539. The van der Waals surface area contributed by atoms with Crippen LogP contribution in [0.15, 0.2) is 72.8 Å². The Kier molecular flexibility index (Phi) is 5.00. The summed E-state index contributed by atoms with van der Waals surface area (Å²) in [6.07, 6.45) is 0. The Morgan fingerprint density at radius 2 is 1.64 bits per heavy atom. The summed E-state index contributed by atoms with van der Waals surface area (Å²) in [5.41, 5.74) is 11.1.